The molecule has 0 radical (unpaired) electrons. The van der Waals surface area contributed by atoms with E-state index >= 15 is 0 Å². The standard InChI is InChI=1S/C15H15FN4O/c1-2-5-20(16)9-3-4-13-10(6-9)11-7-18-8-12(15(17)21)14(11)19-13/h3-4,6-8,19H,2,5H2,1H3,(H2,17,21). The maximum Gasteiger partial charge on any atom is 0.252 e. The monoisotopic (exact) mass is 286 g/mol. The summed E-state index contributed by atoms with van der Waals surface area (Å²) in [5, 5.41) is 2.29. The minimum atomic E-state index is -0.544. The predicted molar refractivity (Wildman–Crippen MR) is 80.9 cm³/mol. The zero-order chi connectivity index (χ0) is 15.0. The molecule has 0 aliphatic carbocycles. The van der Waals surface area contributed by atoms with Crippen molar-refractivity contribution >= 4 is 33.4 Å². The number of H-pyrrole nitrogens is 1. The van der Waals surface area contributed by atoms with Crippen LogP contribution in [-0.2, 0) is 0 Å². The second-order valence-corrected chi connectivity index (χ2v) is 4.91. The summed E-state index contributed by atoms with van der Waals surface area (Å²) < 4.78 is 13.9. The Morgan fingerprint density at radius 2 is 2.19 bits per heavy atom. The second-order valence-electron chi connectivity index (χ2n) is 4.91. The Kier molecular flexibility index (Phi) is 3.21. The van der Waals surface area contributed by atoms with Gasteiger partial charge in [-0.3, -0.25) is 9.78 Å². The van der Waals surface area contributed by atoms with Crippen LogP contribution in [0.25, 0.3) is 21.8 Å². The van der Waals surface area contributed by atoms with E-state index in [2.05, 4.69) is 9.97 Å². The molecule has 108 valence electrons. The molecule has 2 heterocycles. The van der Waals surface area contributed by atoms with E-state index in [0.29, 0.717) is 28.4 Å². The summed E-state index contributed by atoms with van der Waals surface area (Å²) in [6.07, 6.45) is 3.79. The zero-order valence-electron chi connectivity index (χ0n) is 11.6. The Morgan fingerprint density at radius 3 is 2.90 bits per heavy atom. The van der Waals surface area contributed by atoms with Gasteiger partial charge in [0.15, 0.2) is 0 Å². The lowest BCUT2D eigenvalue weighted by atomic mass is 10.1. The number of anilines is 1. The van der Waals surface area contributed by atoms with Gasteiger partial charge in [-0.1, -0.05) is 11.4 Å². The highest BCUT2D eigenvalue weighted by atomic mass is 19.2. The SMILES string of the molecule is CCCN(F)c1ccc2[nH]c3c(C(N)=O)cncc3c2c1. The van der Waals surface area contributed by atoms with Gasteiger partial charge in [-0.05, 0) is 24.6 Å². The van der Waals surface area contributed by atoms with Crippen molar-refractivity contribution in [3.05, 3.63) is 36.2 Å². The van der Waals surface area contributed by atoms with Crippen LogP contribution >= 0.6 is 0 Å². The topological polar surface area (TPSA) is 75.0 Å². The highest BCUT2D eigenvalue weighted by Gasteiger charge is 2.13. The second kappa shape index (κ2) is 5.05. The third-order valence-corrected chi connectivity index (χ3v) is 3.46. The molecule has 21 heavy (non-hydrogen) atoms. The third-order valence-electron chi connectivity index (χ3n) is 3.46. The van der Waals surface area contributed by atoms with E-state index in [4.69, 9.17) is 5.73 Å². The first-order valence-corrected chi connectivity index (χ1v) is 6.74. The van der Waals surface area contributed by atoms with Crippen LogP contribution in [0.15, 0.2) is 30.6 Å². The summed E-state index contributed by atoms with van der Waals surface area (Å²) in [6.45, 7) is 2.25. The van der Waals surface area contributed by atoms with Crippen LogP contribution in [0, 0.1) is 0 Å². The summed E-state index contributed by atoms with van der Waals surface area (Å²) in [4.78, 5) is 18.6. The molecule has 0 saturated carbocycles. The first-order chi connectivity index (χ1) is 10.1. The van der Waals surface area contributed by atoms with Gasteiger partial charge in [-0.25, -0.2) is 5.12 Å². The van der Waals surface area contributed by atoms with Crippen molar-refractivity contribution in [1.82, 2.24) is 9.97 Å². The van der Waals surface area contributed by atoms with Gasteiger partial charge in [0, 0.05) is 28.7 Å². The van der Waals surface area contributed by atoms with Crippen molar-refractivity contribution in [2.24, 2.45) is 5.73 Å². The fraction of sp³-hybridized carbons (Fsp3) is 0.200. The first-order valence-electron chi connectivity index (χ1n) is 6.74. The molecule has 0 aliphatic heterocycles. The number of halogens is 1. The molecule has 0 unspecified atom stereocenters. The molecular formula is C15H15FN4O. The molecule has 2 aromatic heterocycles. The number of aromatic nitrogens is 2. The third kappa shape index (κ3) is 2.18. The maximum absolute atomic E-state index is 13.9. The van der Waals surface area contributed by atoms with Crippen molar-refractivity contribution < 1.29 is 9.28 Å². The van der Waals surface area contributed by atoms with Crippen LogP contribution in [0.1, 0.15) is 23.7 Å². The number of primary amides is 1. The summed E-state index contributed by atoms with van der Waals surface area (Å²) in [5.41, 5.74) is 7.61. The van der Waals surface area contributed by atoms with Crippen molar-refractivity contribution in [1.29, 1.82) is 0 Å². The van der Waals surface area contributed by atoms with Gasteiger partial charge in [0.05, 0.1) is 23.3 Å². The Morgan fingerprint density at radius 1 is 1.38 bits per heavy atom. The molecule has 6 heteroatoms. The van der Waals surface area contributed by atoms with E-state index in [-0.39, 0.29) is 0 Å². The summed E-state index contributed by atoms with van der Waals surface area (Å²) in [7, 11) is 0. The zero-order valence-corrected chi connectivity index (χ0v) is 11.6. The van der Waals surface area contributed by atoms with Crippen LogP contribution < -0.4 is 10.9 Å². The lowest BCUT2D eigenvalue weighted by molar-refractivity contribution is 0.100. The van der Waals surface area contributed by atoms with E-state index in [9.17, 15) is 9.28 Å². The van der Waals surface area contributed by atoms with Crippen LogP contribution in [0.3, 0.4) is 0 Å². The maximum atomic E-state index is 13.9. The average Bonchev–Trinajstić information content (AvgIpc) is 2.84. The number of nitrogens with one attached hydrogen (secondary N) is 1. The number of rotatable bonds is 4. The molecule has 0 bridgehead atoms. The van der Waals surface area contributed by atoms with E-state index in [1.165, 1.54) is 6.20 Å². The number of nitrogens with two attached hydrogens (primary N) is 1. The van der Waals surface area contributed by atoms with E-state index in [1.54, 1.807) is 24.4 Å². The van der Waals surface area contributed by atoms with Crippen molar-refractivity contribution in [2.75, 3.05) is 11.7 Å². The number of carbonyl (C=O) groups is 1. The van der Waals surface area contributed by atoms with Crippen LogP contribution in [0.4, 0.5) is 10.2 Å². The molecule has 0 atom stereocenters. The number of carbonyl (C=O) groups excluding carboxylic acids is 1. The molecule has 0 saturated heterocycles. The first kappa shape index (κ1) is 13.4. The quantitative estimate of drug-likeness (QED) is 0.724. The lowest BCUT2D eigenvalue weighted by Crippen LogP contribution is -2.12. The number of amides is 1. The van der Waals surface area contributed by atoms with Crippen LogP contribution in [0.5, 0.6) is 0 Å². The molecule has 5 nitrogen and oxygen atoms in total. The molecule has 1 amide bonds. The Labute approximate surface area is 120 Å². The minimum Gasteiger partial charge on any atom is -0.365 e. The normalized spacial score (nSPS) is 11.1. The predicted octanol–water partition coefficient (Wildman–Crippen LogP) is 2.92. The molecule has 0 spiro atoms. The molecule has 0 fully saturated rings. The van der Waals surface area contributed by atoms with Gasteiger partial charge >= 0.3 is 0 Å². The van der Waals surface area contributed by atoms with Gasteiger partial charge < -0.3 is 10.7 Å². The highest BCUT2D eigenvalue weighted by molar-refractivity contribution is 6.14. The largest absolute Gasteiger partial charge is 0.365 e. The summed E-state index contributed by atoms with van der Waals surface area (Å²) in [5.74, 6) is -0.544. The number of fused-ring (bicyclic) bond motifs is 3. The molecular weight excluding hydrogens is 271 g/mol. The average molecular weight is 286 g/mol. The number of nitrogens with zero attached hydrogens (tertiary/aromatic N) is 2. The van der Waals surface area contributed by atoms with E-state index in [1.807, 2.05) is 6.92 Å². The van der Waals surface area contributed by atoms with Crippen LogP contribution in [-0.4, -0.2) is 22.4 Å². The molecule has 0 aliphatic rings. The van der Waals surface area contributed by atoms with Gasteiger partial charge in [-0.2, -0.15) is 0 Å². The molecule has 3 aromatic rings. The van der Waals surface area contributed by atoms with Crippen molar-refractivity contribution in [2.45, 2.75) is 13.3 Å². The molecule has 3 N–H and O–H groups in total. The number of hydrogen-bond donors (Lipinski definition) is 2. The summed E-state index contributed by atoms with van der Waals surface area (Å²) in [6, 6.07) is 5.23. The molecule has 3 rings (SSSR count). The van der Waals surface area contributed by atoms with Gasteiger partial charge in [0.2, 0.25) is 0 Å². The summed E-state index contributed by atoms with van der Waals surface area (Å²) >= 11 is 0. The number of benzene rings is 1. The fourth-order valence-corrected chi connectivity index (χ4v) is 2.46. The van der Waals surface area contributed by atoms with Crippen molar-refractivity contribution in [3.63, 3.8) is 0 Å². The minimum absolute atomic E-state index is 0.330. The fourth-order valence-electron chi connectivity index (χ4n) is 2.46. The Hall–Kier alpha value is -2.63. The Balaban J connectivity index is 2.23. The van der Waals surface area contributed by atoms with Gasteiger partial charge in [0.25, 0.3) is 5.91 Å². The van der Waals surface area contributed by atoms with Crippen LogP contribution in [0.2, 0.25) is 0 Å². The molecule has 1 aromatic carbocycles. The van der Waals surface area contributed by atoms with Crippen molar-refractivity contribution in [3.8, 4) is 0 Å². The number of pyridine rings is 1. The number of aromatic amines is 1. The highest BCUT2D eigenvalue weighted by Crippen LogP contribution is 2.30. The van der Waals surface area contributed by atoms with E-state index in [0.717, 1.165) is 22.7 Å². The van der Waals surface area contributed by atoms with Gasteiger partial charge in [-0.15, -0.1) is 0 Å². The lowest BCUT2D eigenvalue weighted by Gasteiger charge is -2.12. The smallest absolute Gasteiger partial charge is 0.252 e. The van der Waals surface area contributed by atoms with E-state index < -0.39 is 5.91 Å². The number of hydrogen-bond acceptors (Lipinski definition) is 3. The Bertz CT molecular complexity index is 827. The van der Waals surface area contributed by atoms with Gasteiger partial charge in [0.1, 0.15) is 0 Å².